The van der Waals surface area contributed by atoms with E-state index in [2.05, 4.69) is 10.1 Å². The molecule has 0 bridgehead atoms. The van der Waals surface area contributed by atoms with Crippen LogP contribution in [0, 0.1) is 20.7 Å². The molecule has 0 saturated heterocycles. The first-order chi connectivity index (χ1) is 7.99. The van der Waals surface area contributed by atoms with Crippen molar-refractivity contribution in [3.05, 3.63) is 38.9 Å². The van der Waals surface area contributed by atoms with Gasteiger partial charge in [-0.3, -0.25) is 19.9 Å². The van der Waals surface area contributed by atoms with Gasteiger partial charge in [-0.2, -0.15) is 4.98 Å². The van der Waals surface area contributed by atoms with E-state index in [-0.39, 0.29) is 21.8 Å². The van der Waals surface area contributed by atoms with Crippen molar-refractivity contribution in [1.82, 2.24) is 14.8 Å². The van der Waals surface area contributed by atoms with Crippen LogP contribution in [0.1, 0.15) is 0 Å². The van der Waals surface area contributed by atoms with Gasteiger partial charge in [-0.25, -0.2) is 4.39 Å². The first-order valence-corrected chi connectivity index (χ1v) is 4.97. The van der Waals surface area contributed by atoms with Crippen LogP contribution in [0.15, 0.2) is 18.2 Å². The molecule has 1 aromatic heterocycles. The highest BCUT2D eigenvalue weighted by Crippen LogP contribution is 2.23. The molecule has 0 aliphatic heterocycles. The van der Waals surface area contributed by atoms with Crippen LogP contribution in [-0.2, 0) is 7.05 Å². The van der Waals surface area contributed by atoms with Gasteiger partial charge in [-0.1, -0.05) is 0 Å². The van der Waals surface area contributed by atoms with Gasteiger partial charge >= 0.3 is 0 Å². The number of halogens is 1. The third-order valence-electron chi connectivity index (χ3n) is 2.19. The number of aryl methyl sites for hydroxylation is 1. The molecule has 88 valence electrons. The molecular weight excluding hydrogens is 247 g/mol. The molecule has 0 atom stereocenters. The summed E-state index contributed by atoms with van der Waals surface area (Å²) in [6.07, 6.45) is 0. The predicted octanol–water partition coefficient (Wildman–Crippen LogP) is 2.19. The second-order valence-electron chi connectivity index (χ2n) is 3.34. The minimum absolute atomic E-state index is 0.141. The van der Waals surface area contributed by atoms with E-state index in [1.165, 1.54) is 16.8 Å². The van der Waals surface area contributed by atoms with Gasteiger partial charge in [0.15, 0.2) is 5.82 Å². The number of nitro groups is 1. The van der Waals surface area contributed by atoms with Gasteiger partial charge in [-0.15, -0.1) is 0 Å². The molecule has 6 nitrogen and oxygen atoms in total. The molecule has 1 aromatic carbocycles. The number of benzene rings is 1. The molecule has 0 aliphatic rings. The molecular formula is C9H7FN4O2S. The van der Waals surface area contributed by atoms with Crippen LogP contribution >= 0.6 is 12.2 Å². The molecule has 0 saturated carbocycles. The number of hydrogen-bond donors (Lipinski definition) is 1. The predicted molar refractivity (Wildman–Crippen MR) is 60.4 cm³/mol. The number of nitrogens with one attached hydrogen (secondary N) is 1. The first kappa shape index (κ1) is 11.4. The Morgan fingerprint density at radius 3 is 2.76 bits per heavy atom. The number of aromatic nitrogens is 3. The highest BCUT2D eigenvalue weighted by atomic mass is 32.1. The molecule has 0 fully saturated rings. The lowest BCUT2D eigenvalue weighted by Gasteiger charge is -1.98. The lowest BCUT2D eigenvalue weighted by molar-refractivity contribution is -0.385. The van der Waals surface area contributed by atoms with Gasteiger partial charge in [-0.05, 0) is 18.3 Å². The van der Waals surface area contributed by atoms with Crippen LogP contribution < -0.4 is 0 Å². The van der Waals surface area contributed by atoms with Crippen LogP contribution in [0.2, 0.25) is 0 Å². The largest absolute Gasteiger partial charge is 0.279 e. The summed E-state index contributed by atoms with van der Waals surface area (Å²) in [5.41, 5.74) is -0.164. The third kappa shape index (κ3) is 2.07. The van der Waals surface area contributed by atoms with Gasteiger partial charge in [0.25, 0.3) is 5.69 Å². The van der Waals surface area contributed by atoms with Crippen LogP contribution in [0.4, 0.5) is 10.1 Å². The quantitative estimate of drug-likeness (QED) is 0.506. The second-order valence-corrected chi connectivity index (χ2v) is 3.70. The SMILES string of the molecule is Cn1[nH]c(-c2ccc([N+](=O)[O-])cc2F)nc1=S. The molecule has 2 aromatic rings. The van der Waals surface area contributed by atoms with Crippen molar-refractivity contribution in [2.24, 2.45) is 7.05 Å². The monoisotopic (exact) mass is 254 g/mol. The normalized spacial score (nSPS) is 10.5. The summed E-state index contributed by atoms with van der Waals surface area (Å²) in [4.78, 5) is 13.7. The fraction of sp³-hybridized carbons (Fsp3) is 0.111. The summed E-state index contributed by atoms with van der Waals surface area (Å²) in [6.45, 7) is 0. The topological polar surface area (TPSA) is 76.8 Å². The Bertz CT molecular complexity index is 649. The summed E-state index contributed by atoms with van der Waals surface area (Å²) in [7, 11) is 1.64. The maximum absolute atomic E-state index is 13.6. The summed E-state index contributed by atoms with van der Waals surface area (Å²) < 4.78 is 15.4. The average Bonchev–Trinajstić information content (AvgIpc) is 2.58. The van der Waals surface area contributed by atoms with Crippen LogP contribution in [-0.4, -0.2) is 19.7 Å². The van der Waals surface area contributed by atoms with Crippen molar-refractivity contribution in [2.75, 3.05) is 0 Å². The minimum atomic E-state index is -0.719. The molecule has 17 heavy (non-hydrogen) atoms. The zero-order valence-corrected chi connectivity index (χ0v) is 9.49. The van der Waals surface area contributed by atoms with E-state index >= 15 is 0 Å². The number of nitrogens with zero attached hydrogens (tertiary/aromatic N) is 3. The van der Waals surface area contributed by atoms with Crippen LogP contribution in [0.25, 0.3) is 11.4 Å². The molecule has 0 spiro atoms. The van der Waals surface area contributed by atoms with Gasteiger partial charge in [0.2, 0.25) is 4.77 Å². The summed E-state index contributed by atoms with van der Waals surface area (Å²) >= 11 is 4.87. The number of hydrogen-bond acceptors (Lipinski definition) is 4. The molecule has 0 radical (unpaired) electrons. The average molecular weight is 254 g/mol. The number of nitro benzene ring substituents is 1. The number of non-ortho nitro benzene ring substituents is 1. The third-order valence-corrected chi connectivity index (χ3v) is 2.55. The van der Waals surface area contributed by atoms with Crippen molar-refractivity contribution in [2.45, 2.75) is 0 Å². The Morgan fingerprint density at radius 2 is 2.29 bits per heavy atom. The fourth-order valence-corrected chi connectivity index (χ4v) is 1.47. The summed E-state index contributed by atoms with van der Waals surface area (Å²) in [5, 5.41) is 13.2. The minimum Gasteiger partial charge on any atom is -0.279 e. The maximum atomic E-state index is 13.6. The van der Waals surface area contributed by atoms with Crippen LogP contribution in [0.3, 0.4) is 0 Å². The van der Waals surface area contributed by atoms with E-state index < -0.39 is 10.7 Å². The van der Waals surface area contributed by atoms with Gasteiger partial charge in [0, 0.05) is 13.1 Å². The van der Waals surface area contributed by atoms with Crippen molar-refractivity contribution >= 4 is 17.9 Å². The maximum Gasteiger partial charge on any atom is 0.272 e. The van der Waals surface area contributed by atoms with Crippen molar-refractivity contribution in [3.63, 3.8) is 0 Å². The van der Waals surface area contributed by atoms with E-state index in [0.29, 0.717) is 0 Å². The highest BCUT2D eigenvalue weighted by molar-refractivity contribution is 7.71. The number of H-pyrrole nitrogens is 1. The lowest BCUT2D eigenvalue weighted by Crippen LogP contribution is -1.93. The highest BCUT2D eigenvalue weighted by Gasteiger charge is 2.14. The van der Waals surface area contributed by atoms with E-state index in [4.69, 9.17) is 12.2 Å². The zero-order chi connectivity index (χ0) is 12.6. The first-order valence-electron chi connectivity index (χ1n) is 4.56. The Kier molecular flexibility index (Phi) is 2.72. The second kappa shape index (κ2) is 4.06. The molecule has 0 unspecified atom stereocenters. The molecule has 0 amide bonds. The fourth-order valence-electron chi connectivity index (χ4n) is 1.33. The van der Waals surface area contributed by atoms with Crippen molar-refractivity contribution in [1.29, 1.82) is 0 Å². The van der Waals surface area contributed by atoms with Crippen molar-refractivity contribution in [3.8, 4) is 11.4 Å². The number of aromatic amines is 1. The molecule has 1 heterocycles. The van der Waals surface area contributed by atoms with Crippen molar-refractivity contribution < 1.29 is 9.31 Å². The van der Waals surface area contributed by atoms with Gasteiger partial charge < -0.3 is 0 Å². The summed E-state index contributed by atoms with van der Waals surface area (Å²) in [5.74, 6) is -0.478. The number of rotatable bonds is 2. The standard InChI is InChI=1S/C9H7FN4O2S/c1-13-9(17)11-8(12-13)6-3-2-5(14(15)16)4-7(6)10/h2-4H,1H3,(H,11,12,17). The zero-order valence-electron chi connectivity index (χ0n) is 8.68. The van der Waals surface area contributed by atoms with E-state index in [1.807, 2.05) is 0 Å². The molecule has 1 N–H and O–H groups in total. The van der Waals surface area contributed by atoms with Crippen LogP contribution in [0.5, 0.6) is 0 Å². The smallest absolute Gasteiger partial charge is 0.272 e. The molecule has 0 aliphatic carbocycles. The summed E-state index contributed by atoms with van der Waals surface area (Å²) in [6, 6.07) is 3.35. The molecule has 2 rings (SSSR count). The Balaban J connectivity index is 2.53. The Hall–Kier alpha value is -2.09. The Labute approximate surface area is 99.9 Å². The van der Waals surface area contributed by atoms with E-state index in [9.17, 15) is 14.5 Å². The Morgan fingerprint density at radius 1 is 1.59 bits per heavy atom. The molecule has 8 heteroatoms. The van der Waals surface area contributed by atoms with E-state index in [0.717, 1.165) is 6.07 Å². The lowest BCUT2D eigenvalue weighted by atomic mass is 10.2. The van der Waals surface area contributed by atoms with E-state index in [1.54, 1.807) is 7.05 Å². The van der Waals surface area contributed by atoms with Gasteiger partial charge in [0.05, 0.1) is 16.6 Å². The van der Waals surface area contributed by atoms with Gasteiger partial charge in [0.1, 0.15) is 5.82 Å².